The van der Waals surface area contributed by atoms with Crippen LogP contribution in [0.15, 0.2) is 52.2 Å². The Morgan fingerprint density at radius 2 is 1.74 bits per heavy atom. The van der Waals surface area contributed by atoms with Gasteiger partial charge in [0, 0.05) is 17.3 Å². The standard InChI is InChI=1S/C22H19F3N4O5/c23-22(24,25)34-14-9-7-13(8-10-14)29-20(32)16-5-2-1-4-15(16)19(27-29)26-17-6-3-11-28(21(17)33)12-18(30)31/h3,6-11H,1-2,4-5,12H2,(H,26,27)(H,30,31). The van der Waals surface area contributed by atoms with E-state index in [4.69, 9.17) is 5.11 Å². The number of rotatable bonds is 6. The van der Waals surface area contributed by atoms with E-state index < -0.39 is 35.7 Å². The van der Waals surface area contributed by atoms with Gasteiger partial charge < -0.3 is 19.7 Å². The van der Waals surface area contributed by atoms with Crippen molar-refractivity contribution in [3.8, 4) is 11.4 Å². The lowest BCUT2D eigenvalue weighted by Crippen LogP contribution is -2.30. The normalized spacial score (nSPS) is 13.3. The minimum absolute atomic E-state index is 0.0724. The molecule has 0 saturated carbocycles. The minimum atomic E-state index is -4.84. The van der Waals surface area contributed by atoms with Crippen LogP contribution >= 0.6 is 0 Å². The number of hydrogen-bond donors (Lipinski definition) is 2. The van der Waals surface area contributed by atoms with E-state index in [1.54, 1.807) is 0 Å². The summed E-state index contributed by atoms with van der Waals surface area (Å²) in [5.41, 5.74) is 0.456. The number of fused-ring (bicyclic) bond motifs is 1. The first-order valence-corrected chi connectivity index (χ1v) is 10.3. The molecule has 178 valence electrons. The molecule has 3 aromatic rings. The molecule has 0 fully saturated rings. The van der Waals surface area contributed by atoms with Crippen molar-refractivity contribution in [2.24, 2.45) is 0 Å². The van der Waals surface area contributed by atoms with Gasteiger partial charge in [-0.05, 0) is 62.1 Å². The number of anilines is 2. The number of pyridine rings is 1. The molecule has 1 aliphatic carbocycles. The van der Waals surface area contributed by atoms with E-state index in [9.17, 15) is 27.6 Å². The number of halogens is 3. The predicted octanol–water partition coefficient (Wildman–Crippen LogP) is 3.00. The maximum atomic E-state index is 13.1. The first-order valence-electron chi connectivity index (χ1n) is 10.3. The van der Waals surface area contributed by atoms with Crippen LogP contribution in [0.1, 0.15) is 24.0 Å². The van der Waals surface area contributed by atoms with Crippen molar-refractivity contribution in [2.45, 2.75) is 38.6 Å². The Morgan fingerprint density at radius 1 is 1.06 bits per heavy atom. The zero-order chi connectivity index (χ0) is 24.5. The molecule has 1 aromatic carbocycles. The van der Waals surface area contributed by atoms with Crippen LogP contribution in [-0.4, -0.2) is 31.8 Å². The topological polar surface area (TPSA) is 115 Å². The van der Waals surface area contributed by atoms with Crippen molar-refractivity contribution in [1.82, 2.24) is 14.3 Å². The maximum Gasteiger partial charge on any atom is 0.573 e. The van der Waals surface area contributed by atoms with Gasteiger partial charge in [0.2, 0.25) is 0 Å². The smallest absolute Gasteiger partial charge is 0.480 e. The highest BCUT2D eigenvalue weighted by Crippen LogP contribution is 2.27. The fourth-order valence-electron chi connectivity index (χ4n) is 3.83. The molecule has 2 aromatic heterocycles. The molecule has 0 bridgehead atoms. The summed E-state index contributed by atoms with van der Waals surface area (Å²) in [4.78, 5) is 36.8. The predicted molar refractivity (Wildman–Crippen MR) is 115 cm³/mol. The summed E-state index contributed by atoms with van der Waals surface area (Å²) in [6, 6.07) is 7.68. The monoisotopic (exact) mass is 476 g/mol. The molecule has 2 N–H and O–H groups in total. The van der Waals surface area contributed by atoms with E-state index in [0.717, 1.165) is 34.2 Å². The van der Waals surface area contributed by atoms with Crippen LogP contribution in [0.5, 0.6) is 5.75 Å². The molecule has 34 heavy (non-hydrogen) atoms. The number of ether oxygens (including phenoxy) is 1. The quantitative estimate of drug-likeness (QED) is 0.562. The molecule has 9 nitrogen and oxygen atoms in total. The summed E-state index contributed by atoms with van der Waals surface area (Å²) in [6.07, 6.45) is -0.873. The van der Waals surface area contributed by atoms with Gasteiger partial charge in [-0.2, -0.15) is 4.68 Å². The zero-order valence-electron chi connectivity index (χ0n) is 17.6. The van der Waals surface area contributed by atoms with Crippen LogP contribution in [0.4, 0.5) is 24.7 Å². The fourth-order valence-corrected chi connectivity index (χ4v) is 3.83. The molecule has 0 amide bonds. The number of alkyl halides is 3. The maximum absolute atomic E-state index is 13.1. The highest BCUT2D eigenvalue weighted by molar-refractivity contribution is 5.67. The second-order valence-electron chi connectivity index (χ2n) is 7.65. The summed E-state index contributed by atoms with van der Waals surface area (Å²) in [5, 5.41) is 16.3. The third-order valence-corrected chi connectivity index (χ3v) is 5.30. The van der Waals surface area contributed by atoms with Gasteiger partial charge in [-0.15, -0.1) is 18.3 Å². The van der Waals surface area contributed by atoms with E-state index in [0.29, 0.717) is 24.0 Å². The summed E-state index contributed by atoms with van der Waals surface area (Å²) >= 11 is 0. The van der Waals surface area contributed by atoms with E-state index in [1.165, 1.54) is 30.5 Å². The highest BCUT2D eigenvalue weighted by atomic mass is 19.4. The Morgan fingerprint density at radius 3 is 2.38 bits per heavy atom. The molecule has 12 heteroatoms. The van der Waals surface area contributed by atoms with Gasteiger partial charge in [0.1, 0.15) is 18.0 Å². The van der Waals surface area contributed by atoms with Gasteiger partial charge in [-0.25, -0.2) is 0 Å². The van der Waals surface area contributed by atoms with Crippen LogP contribution in [0.3, 0.4) is 0 Å². The minimum Gasteiger partial charge on any atom is -0.480 e. The number of carboxylic acids is 1. The number of benzene rings is 1. The van der Waals surface area contributed by atoms with Gasteiger partial charge >= 0.3 is 12.3 Å². The van der Waals surface area contributed by atoms with Crippen LogP contribution in [0, 0.1) is 0 Å². The van der Waals surface area contributed by atoms with Crippen molar-refractivity contribution in [3.63, 3.8) is 0 Å². The summed E-state index contributed by atoms with van der Waals surface area (Å²) in [7, 11) is 0. The number of nitrogens with one attached hydrogen (secondary N) is 1. The third-order valence-electron chi connectivity index (χ3n) is 5.30. The Hall–Kier alpha value is -4.09. The van der Waals surface area contributed by atoms with Gasteiger partial charge in [0.05, 0.1) is 5.69 Å². The molecule has 0 spiro atoms. The number of aliphatic carboxylic acids is 1. The Kier molecular flexibility index (Phi) is 6.14. The van der Waals surface area contributed by atoms with Crippen LogP contribution in [-0.2, 0) is 24.2 Å². The molecule has 1 aliphatic rings. The van der Waals surface area contributed by atoms with E-state index >= 15 is 0 Å². The molecular weight excluding hydrogens is 457 g/mol. The summed E-state index contributed by atoms with van der Waals surface area (Å²) < 4.78 is 43.3. The molecule has 0 atom stereocenters. The second kappa shape index (κ2) is 9.04. The first kappa shape index (κ1) is 23.1. The number of nitrogens with zero attached hydrogens (tertiary/aromatic N) is 3. The number of aromatic nitrogens is 3. The third kappa shape index (κ3) is 4.95. The van der Waals surface area contributed by atoms with Crippen LogP contribution in [0.2, 0.25) is 0 Å². The summed E-state index contributed by atoms with van der Waals surface area (Å²) in [6.45, 7) is -0.522. The van der Waals surface area contributed by atoms with Crippen LogP contribution in [0.25, 0.3) is 5.69 Å². The molecule has 0 aliphatic heterocycles. The fraction of sp³-hybridized carbons (Fsp3) is 0.273. The van der Waals surface area contributed by atoms with Crippen LogP contribution < -0.4 is 21.2 Å². The summed E-state index contributed by atoms with van der Waals surface area (Å²) in [5.74, 6) is -1.37. The Labute approximate surface area is 190 Å². The average molecular weight is 476 g/mol. The van der Waals surface area contributed by atoms with Crippen molar-refractivity contribution >= 4 is 17.5 Å². The van der Waals surface area contributed by atoms with E-state index in [2.05, 4.69) is 15.2 Å². The van der Waals surface area contributed by atoms with E-state index in [-0.39, 0.29) is 17.2 Å². The number of carboxylic acid groups (broad SMARTS) is 1. The zero-order valence-corrected chi connectivity index (χ0v) is 17.6. The van der Waals surface area contributed by atoms with E-state index in [1.807, 2.05) is 0 Å². The van der Waals surface area contributed by atoms with Crippen molar-refractivity contribution in [1.29, 1.82) is 0 Å². The Bertz CT molecular complexity index is 1350. The molecule has 2 heterocycles. The van der Waals surface area contributed by atoms with Gasteiger partial charge in [-0.1, -0.05) is 0 Å². The van der Waals surface area contributed by atoms with Crippen molar-refractivity contribution in [2.75, 3.05) is 5.32 Å². The lowest BCUT2D eigenvalue weighted by Gasteiger charge is -2.21. The number of carbonyl (C=O) groups is 1. The molecule has 0 saturated heterocycles. The lowest BCUT2D eigenvalue weighted by atomic mass is 9.93. The first-order chi connectivity index (χ1) is 16.1. The molecular formula is C22H19F3N4O5. The molecule has 4 rings (SSSR count). The number of hydrogen-bond acceptors (Lipinski definition) is 6. The SMILES string of the molecule is O=C(O)Cn1cccc(Nc2nn(-c3ccc(OC(F)(F)F)cc3)c(=O)c3c2CCCC3)c1=O. The Balaban J connectivity index is 1.76. The van der Waals surface area contributed by atoms with Gasteiger partial charge in [0.15, 0.2) is 5.82 Å². The second-order valence-corrected chi connectivity index (χ2v) is 7.65. The van der Waals surface area contributed by atoms with Gasteiger partial charge in [-0.3, -0.25) is 14.4 Å². The molecule has 0 radical (unpaired) electrons. The largest absolute Gasteiger partial charge is 0.573 e. The average Bonchev–Trinajstić information content (AvgIpc) is 2.78. The van der Waals surface area contributed by atoms with Gasteiger partial charge in [0.25, 0.3) is 11.1 Å². The van der Waals surface area contributed by atoms with Crippen molar-refractivity contribution in [3.05, 3.63) is 74.4 Å². The highest BCUT2D eigenvalue weighted by Gasteiger charge is 2.31. The molecule has 0 unspecified atom stereocenters. The van der Waals surface area contributed by atoms with Crippen molar-refractivity contribution < 1.29 is 27.8 Å². The lowest BCUT2D eigenvalue weighted by molar-refractivity contribution is -0.274.